The minimum atomic E-state index is 0.239. The lowest BCUT2D eigenvalue weighted by molar-refractivity contribution is 0.109. The Morgan fingerprint density at radius 1 is 1.29 bits per heavy atom. The predicted molar refractivity (Wildman–Crippen MR) is 70.7 cm³/mol. The van der Waals surface area contributed by atoms with Crippen molar-refractivity contribution in [3.05, 3.63) is 35.9 Å². The van der Waals surface area contributed by atoms with E-state index in [4.69, 9.17) is 0 Å². The molecule has 0 heterocycles. The fourth-order valence-electron chi connectivity index (χ4n) is 2.16. The smallest absolute Gasteiger partial charge is 0.0584 e. The van der Waals surface area contributed by atoms with Crippen LogP contribution in [0.5, 0.6) is 0 Å². The van der Waals surface area contributed by atoms with Crippen LogP contribution < -0.4 is 0 Å². The molecular weight excluding hydrogens is 210 g/mol. The second kappa shape index (κ2) is 5.19. The van der Waals surface area contributed by atoms with Gasteiger partial charge in [0.1, 0.15) is 0 Å². The average molecular weight is 233 g/mol. The quantitative estimate of drug-likeness (QED) is 0.816. The first kappa shape index (κ1) is 12.6. The highest BCUT2D eigenvalue weighted by Gasteiger charge is 2.39. The molecule has 0 amide bonds. The summed E-state index contributed by atoms with van der Waals surface area (Å²) < 4.78 is 0. The van der Waals surface area contributed by atoms with E-state index in [9.17, 15) is 5.11 Å². The van der Waals surface area contributed by atoms with Crippen LogP contribution in [0, 0.1) is 5.41 Å². The maximum Gasteiger partial charge on any atom is 0.0584 e. The molecule has 94 valence electrons. The highest BCUT2D eigenvalue weighted by atomic mass is 16.3. The lowest BCUT2D eigenvalue weighted by Crippen LogP contribution is -2.38. The third kappa shape index (κ3) is 3.55. The molecule has 2 nitrogen and oxygen atoms in total. The van der Waals surface area contributed by atoms with Crippen LogP contribution in [0.2, 0.25) is 0 Å². The van der Waals surface area contributed by atoms with Crippen molar-refractivity contribution in [1.29, 1.82) is 0 Å². The zero-order chi connectivity index (χ0) is 12.3. The van der Waals surface area contributed by atoms with Gasteiger partial charge in [-0.1, -0.05) is 37.3 Å². The van der Waals surface area contributed by atoms with Gasteiger partial charge in [0, 0.05) is 19.1 Å². The van der Waals surface area contributed by atoms with Crippen molar-refractivity contribution in [2.24, 2.45) is 5.41 Å². The first-order chi connectivity index (χ1) is 8.13. The molecule has 0 radical (unpaired) electrons. The van der Waals surface area contributed by atoms with Gasteiger partial charge in [0.25, 0.3) is 0 Å². The van der Waals surface area contributed by atoms with Crippen molar-refractivity contribution in [3.63, 3.8) is 0 Å². The lowest BCUT2D eigenvalue weighted by atomic mass is 10.1. The first-order valence-electron chi connectivity index (χ1n) is 6.52. The summed E-state index contributed by atoms with van der Waals surface area (Å²) in [6, 6.07) is 10.8. The second-order valence-electron chi connectivity index (χ2n) is 5.73. The van der Waals surface area contributed by atoms with E-state index in [-0.39, 0.29) is 12.6 Å². The van der Waals surface area contributed by atoms with Gasteiger partial charge in [0.05, 0.1) is 6.61 Å². The Hall–Kier alpha value is -0.860. The number of hydrogen-bond acceptors (Lipinski definition) is 2. The van der Waals surface area contributed by atoms with Gasteiger partial charge in [0.2, 0.25) is 0 Å². The van der Waals surface area contributed by atoms with Gasteiger partial charge in [-0.15, -0.1) is 0 Å². The van der Waals surface area contributed by atoms with Crippen LogP contribution in [0.25, 0.3) is 0 Å². The number of nitrogens with zero attached hydrogens (tertiary/aromatic N) is 1. The Kier molecular flexibility index (Phi) is 3.85. The van der Waals surface area contributed by atoms with E-state index in [1.54, 1.807) is 0 Å². The summed E-state index contributed by atoms with van der Waals surface area (Å²) in [4.78, 5) is 2.41. The number of hydrogen-bond donors (Lipinski definition) is 1. The predicted octanol–water partition coefficient (Wildman–Crippen LogP) is 2.67. The van der Waals surface area contributed by atoms with Crippen molar-refractivity contribution >= 4 is 0 Å². The Bertz CT molecular complexity index is 345. The molecule has 2 heteroatoms. The molecule has 0 spiro atoms. The van der Waals surface area contributed by atoms with Crippen LogP contribution in [0.4, 0.5) is 0 Å². The van der Waals surface area contributed by atoms with Gasteiger partial charge in [-0.3, -0.25) is 4.90 Å². The molecule has 1 saturated carbocycles. The number of aliphatic hydroxyl groups excluding tert-OH is 1. The summed E-state index contributed by atoms with van der Waals surface area (Å²) in [5.74, 6) is 0. The number of aliphatic hydroxyl groups is 1. The van der Waals surface area contributed by atoms with Crippen molar-refractivity contribution < 1.29 is 5.11 Å². The van der Waals surface area contributed by atoms with Gasteiger partial charge in [-0.25, -0.2) is 0 Å². The molecule has 1 N–H and O–H groups in total. The second-order valence-corrected chi connectivity index (χ2v) is 5.73. The minimum Gasteiger partial charge on any atom is -0.395 e. The maximum atomic E-state index is 9.36. The summed E-state index contributed by atoms with van der Waals surface area (Å²) in [6.45, 7) is 6.73. The molecule has 1 aromatic carbocycles. The molecule has 2 rings (SSSR count). The molecule has 0 saturated heterocycles. The Labute approximate surface area is 104 Å². The van der Waals surface area contributed by atoms with Crippen molar-refractivity contribution in [1.82, 2.24) is 4.90 Å². The normalized spacial score (nSPS) is 19.3. The molecule has 1 fully saturated rings. The number of rotatable bonds is 6. The van der Waals surface area contributed by atoms with E-state index in [0.29, 0.717) is 5.41 Å². The molecule has 1 unspecified atom stereocenters. The summed E-state index contributed by atoms with van der Waals surface area (Å²) in [6.07, 6.45) is 2.66. The summed E-state index contributed by atoms with van der Waals surface area (Å²) in [5.41, 5.74) is 1.83. The molecule has 1 aliphatic carbocycles. The highest BCUT2D eigenvalue weighted by molar-refractivity contribution is 5.14. The van der Waals surface area contributed by atoms with Gasteiger partial charge in [-0.2, -0.15) is 0 Å². The molecule has 0 aliphatic heterocycles. The zero-order valence-corrected chi connectivity index (χ0v) is 10.9. The fraction of sp³-hybridized carbons (Fsp3) is 0.600. The Morgan fingerprint density at radius 3 is 2.47 bits per heavy atom. The van der Waals surface area contributed by atoms with E-state index in [1.165, 1.54) is 18.4 Å². The van der Waals surface area contributed by atoms with E-state index in [1.807, 2.05) is 6.07 Å². The highest BCUT2D eigenvalue weighted by Crippen LogP contribution is 2.45. The van der Waals surface area contributed by atoms with E-state index >= 15 is 0 Å². The third-order valence-electron chi connectivity index (χ3n) is 3.80. The molecule has 0 aromatic heterocycles. The SMILES string of the molecule is CC(CO)N(Cc1ccccc1)CC1(C)CC1. The first-order valence-corrected chi connectivity index (χ1v) is 6.52. The van der Waals surface area contributed by atoms with Gasteiger partial charge >= 0.3 is 0 Å². The summed E-state index contributed by atoms with van der Waals surface area (Å²) in [5, 5.41) is 9.36. The molecule has 0 bridgehead atoms. The standard InChI is InChI=1S/C15H23NO/c1-13(11-17)16(12-15(2)8-9-15)10-14-6-4-3-5-7-14/h3-7,13,17H,8-12H2,1-2H3. The third-order valence-corrected chi connectivity index (χ3v) is 3.80. The average Bonchev–Trinajstić information content (AvgIpc) is 3.06. The summed E-state index contributed by atoms with van der Waals surface area (Å²) >= 11 is 0. The zero-order valence-electron chi connectivity index (χ0n) is 10.9. The van der Waals surface area contributed by atoms with E-state index in [2.05, 4.69) is 43.0 Å². The van der Waals surface area contributed by atoms with Crippen LogP contribution in [0.3, 0.4) is 0 Å². The van der Waals surface area contributed by atoms with Gasteiger partial charge in [-0.05, 0) is 30.7 Å². The molecule has 1 atom stereocenters. The molecule has 1 aliphatic rings. The summed E-state index contributed by atoms with van der Waals surface area (Å²) in [7, 11) is 0. The fourth-order valence-corrected chi connectivity index (χ4v) is 2.16. The largest absolute Gasteiger partial charge is 0.395 e. The van der Waals surface area contributed by atoms with E-state index in [0.717, 1.165) is 13.1 Å². The van der Waals surface area contributed by atoms with Crippen LogP contribution in [0.1, 0.15) is 32.3 Å². The minimum absolute atomic E-state index is 0.239. The van der Waals surface area contributed by atoms with Crippen LogP contribution >= 0.6 is 0 Å². The van der Waals surface area contributed by atoms with Crippen LogP contribution in [-0.2, 0) is 6.54 Å². The topological polar surface area (TPSA) is 23.5 Å². The van der Waals surface area contributed by atoms with E-state index < -0.39 is 0 Å². The molecular formula is C15H23NO. The maximum absolute atomic E-state index is 9.36. The Balaban J connectivity index is 2.00. The van der Waals surface area contributed by atoms with Gasteiger partial charge < -0.3 is 5.11 Å². The van der Waals surface area contributed by atoms with Crippen molar-refractivity contribution in [3.8, 4) is 0 Å². The van der Waals surface area contributed by atoms with Crippen LogP contribution in [0.15, 0.2) is 30.3 Å². The molecule has 1 aromatic rings. The van der Waals surface area contributed by atoms with Crippen molar-refractivity contribution in [2.45, 2.75) is 39.3 Å². The Morgan fingerprint density at radius 2 is 1.94 bits per heavy atom. The van der Waals surface area contributed by atoms with Crippen LogP contribution in [-0.4, -0.2) is 29.2 Å². The number of benzene rings is 1. The van der Waals surface area contributed by atoms with Crippen molar-refractivity contribution in [2.75, 3.05) is 13.2 Å². The molecule has 17 heavy (non-hydrogen) atoms. The van der Waals surface area contributed by atoms with Gasteiger partial charge in [0.15, 0.2) is 0 Å². The monoisotopic (exact) mass is 233 g/mol. The lowest BCUT2D eigenvalue weighted by Gasteiger charge is -2.30.